The van der Waals surface area contributed by atoms with Crippen molar-refractivity contribution in [3.8, 4) is 0 Å². The smallest absolute Gasteiger partial charge is 0.141 e. The van der Waals surface area contributed by atoms with Crippen LogP contribution in [0.2, 0.25) is 0 Å². The number of ketones is 1. The minimum atomic E-state index is -0.154. The molecule has 0 amide bonds. The second kappa shape index (κ2) is 2.81. The molecule has 0 N–H and O–H groups in total. The third-order valence-electron chi connectivity index (χ3n) is 3.16. The van der Waals surface area contributed by atoms with E-state index >= 15 is 0 Å². The number of carbonyl (C=O) groups is 1. The first-order valence-electron chi connectivity index (χ1n) is 4.41. The highest BCUT2D eigenvalue weighted by Crippen LogP contribution is 2.47. The topological polar surface area (TPSA) is 26.3 Å². The Morgan fingerprint density at radius 1 is 1.75 bits per heavy atom. The lowest BCUT2D eigenvalue weighted by atomic mass is 9.83. The predicted octanol–water partition coefficient (Wildman–Crippen LogP) is 1.91. The van der Waals surface area contributed by atoms with Crippen molar-refractivity contribution in [3.63, 3.8) is 0 Å². The molecule has 1 aliphatic heterocycles. The van der Waals surface area contributed by atoms with Crippen molar-refractivity contribution in [2.45, 2.75) is 38.4 Å². The number of Topliss-reactive ketones (excluding diaryl/α,β-unsaturated/α-hetero) is 1. The standard InChI is InChI=1S/C9H13BrO2/c1-9-4-6(5-10)12-8(9)3-2-7(9)11/h6,8H,2-5H2,1H3/t6?,8-,9+/m1/s1. The highest BCUT2D eigenvalue weighted by molar-refractivity contribution is 9.09. The lowest BCUT2D eigenvalue weighted by Crippen LogP contribution is -2.27. The first-order chi connectivity index (χ1) is 5.66. The van der Waals surface area contributed by atoms with Gasteiger partial charge in [0.05, 0.1) is 17.6 Å². The summed E-state index contributed by atoms with van der Waals surface area (Å²) < 4.78 is 5.74. The second-order valence-corrected chi connectivity index (χ2v) is 4.63. The average Bonchev–Trinajstić information content (AvgIpc) is 2.50. The molecular weight excluding hydrogens is 220 g/mol. The van der Waals surface area contributed by atoms with E-state index in [9.17, 15) is 4.79 Å². The summed E-state index contributed by atoms with van der Waals surface area (Å²) in [6, 6.07) is 0. The molecule has 2 nitrogen and oxygen atoms in total. The van der Waals surface area contributed by atoms with Crippen molar-refractivity contribution >= 4 is 21.7 Å². The molecule has 1 heterocycles. The lowest BCUT2D eigenvalue weighted by molar-refractivity contribution is -0.125. The number of hydrogen-bond donors (Lipinski definition) is 0. The third-order valence-corrected chi connectivity index (χ3v) is 3.88. The minimum Gasteiger partial charge on any atom is -0.373 e. The molecule has 0 radical (unpaired) electrons. The molecule has 2 rings (SSSR count). The predicted molar refractivity (Wildman–Crippen MR) is 49.4 cm³/mol. The van der Waals surface area contributed by atoms with E-state index in [2.05, 4.69) is 22.9 Å². The first-order valence-corrected chi connectivity index (χ1v) is 5.53. The van der Waals surface area contributed by atoms with E-state index in [1.165, 1.54) is 0 Å². The van der Waals surface area contributed by atoms with Crippen LogP contribution in [-0.2, 0) is 9.53 Å². The van der Waals surface area contributed by atoms with Gasteiger partial charge in [-0.2, -0.15) is 0 Å². The Bertz CT molecular complexity index is 217. The van der Waals surface area contributed by atoms with Crippen molar-refractivity contribution < 1.29 is 9.53 Å². The molecule has 2 fully saturated rings. The molecule has 1 unspecified atom stereocenters. The van der Waals surface area contributed by atoms with Gasteiger partial charge in [0.2, 0.25) is 0 Å². The molecule has 2 aliphatic rings. The van der Waals surface area contributed by atoms with E-state index in [1.807, 2.05) is 0 Å². The maximum Gasteiger partial charge on any atom is 0.141 e. The number of alkyl halides is 1. The van der Waals surface area contributed by atoms with Crippen LogP contribution >= 0.6 is 15.9 Å². The average molecular weight is 233 g/mol. The fourth-order valence-corrected chi connectivity index (χ4v) is 2.74. The van der Waals surface area contributed by atoms with Crippen LogP contribution < -0.4 is 0 Å². The Kier molecular flexibility index (Phi) is 2.04. The second-order valence-electron chi connectivity index (χ2n) is 3.98. The van der Waals surface area contributed by atoms with Gasteiger partial charge in [0.1, 0.15) is 5.78 Å². The first kappa shape index (κ1) is 8.70. The van der Waals surface area contributed by atoms with Crippen molar-refractivity contribution in [3.05, 3.63) is 0 Å². The van der Waals surface area contributed by atoms with E-state index in [0.29, 0.717) is 5.78 Å². The molecule has 1 aliphatic carbocycles. The van der Waals surface area contributed by atoms with Gasteiger partial charge in [-0.15, -0.1) is 0 Å². The highest BCUT2D eigenvalue weighted by Gasteiger charge is 2.53. The molecule has 0 aromatic rings. The monoisotopic (exact) mass is 232 g/mol. The van der Waals surface area contributed by atoms with Crippen LogP contribution in [0.4, 0.5) is 0 Å². The maximum absolute atomic E-state index is 11.5. The van der Waals surface area contributed by atoms with Crippen LogP contribution in [0.1, 0.15) is 26.2 Å². The normalized spacial score (nSPS) is 46.7. The molecule has 0 aromatic carbocycles. The van der Waals surface area contributed by atoms with Crippen LogP contribution in [0.3, 0.4) is 0 Å². The van der Waals surface area contributed by atoms with Crippen molar-refractivity contribution in [1.82, 2.24) is 0 Å². The number of ether oxygens (including phenoxy) is 1. The fraction of sp³-hybridized carbons (Fsp3) is 0.889. The largest absolute Gasteiger partial charge is 0.373 e. The van der Waals surface area contributed by atoms with Crippen molar-refractivity contribution in [2.24, 2.45) is 5.41 Å². The molecule has 1 saturated heterocycles. The molecule has 0 bridgehead atoms. The van der Waals surface area contributed by atoms with Gasteiger partial charge in [-0.05, 0) is 12.8 Å². The van der Waals surface area contributed by atoms with E-state index in [1.54, 1.807) is 0 Å². The molecule has 0 spiro atoms. The van der Waals surface area contributed by atoms with E-state index in [0.717, 1.165) is 24.6 Å². The van der Waals surface area contributed by atoms with Crippen LogP contribution in [0.5, 0.6) is 0 Å². The molecule has 1 saturated carbocycles. The summed E-state index contributed by atoms with van der Waals surface area (Å²) in [7, 11) is 0. The maximum atomic E-state index is 11.5. The van der Waals surface area contributed by atoms with Gasteiger partial charge in [0.25, 0.3) is 0 Å². The zero-order valence-electron chi connectivity index (χ0n) is 7.18. The summed E-state index contributed by atoms with van der Waals surface area (Å²) in [6.45, 7) is 2.05. The van der Waals surface area contributed by atoms with Crippen LogP contribution in [-0.4, -0.2) is 23.3 Å². The summed E-state index contributed by atoms with van der Waals surface area (Å²) in [5, 5.41) is 0.854. The zero-order valence-corrected chi connectivity index (χ0v) is 8.76. The van der Waals surface area contributed by atoms with E-state index in [4.69, 9.17) is 4.74 Å². The van der Waals surface area contributed by atoms with Crippen LogP contribution in [0, 0.1) is 5.41 Å². The highest BCUT2D eigenvalue weighted by atomic mass is 79.9. The fourth-order valence-electron chi connectivity index (χ4n) is 2.35. The van der Waals surface area contributed by atoms with Crippen LogP contribution in [0.25, 0.3) is 0 Å². The Morgan fingerprint density at radius 3 is 3.08 bits per heavy atom. The SMILES string of the molecule is C[C@@]12CC(CBr)O[C@@H]1CCC2=O. The van der Waals surface area contributed by atoms with Crippen molar-refractivity contribution in [2.75, 3.05) is 5.33 Å². The molecule has 68 valence electrons. The Hall–Kier alpha value is 0.110. The van der Waals surface area contributed by atoms with E-state index < -0.39 is 0 Å². The van der Waals surface area contributed by atoms with Gasteiger partial charge < -0.3 is 4.74 Å². The van der Waals surface area contributed by atoms with Crippen molar-refractivity contribution in [1.29, 1.82) is 0 Å². The number of carbonyl (C=O) groups excluding carboxylic acids is 1. The summed E-state index contributed by atoms with van der Waals surface area (Å²) in [4.78, 5) is 11.5. The number of halogens is 1. The quantitative estimate of drug-likeness (QED) is 0.646. The summed E-state index contributed by atoms with van der Waals surface area (Å²) >= 11 is 3.39. The van der Waals surface area contributed by atoms with Gasteiger partial charge >= 0.3 is 0 Å². The number of rotatable bonds is 1. The summed E-state index contributed by atoms with van der Waals surface area (Å²) in [5.41, 5.74) is -0.154. The Balaban J connectivity index is 2.18. The Labute approximate surface area is 80.8 Å². The Morgan fingerprint density at radius 2 is 2.50 bits per heavy atom. The lowest BCUT2D eigenvalue weighted by Gasteiger charge is -2.18. The molecule has 3 atom stereocenters. The van der Waals surface area contributed by atoms with Gasteiger partial charge in [-0.25, -0.2) is 0 Å². The summed E-state index contributed by atoms with van der Waals surface area (Å²) in [5.74, 6) is 0.399. The summed E-state index contributed by atoms with van der Waals surface area (Å²) in [6.07, 6.45) is 3.01. The zero-order chi connectivity index (χ0) is 8.77. The van der Waals surface area contributed by atoms with Gasteiger partial charge in [-0.1, -0.05) is 22.9 Å². The minimum absolute atomic E-state index is 0.154. The molecule has 0 aromatic heterocycles. The van der Waals surface area contributed by atoms with Crippen LogP contribution in [0.15, 0.2) is 0 Å². The van der Waals surface area contributed by atoms with Gasteiger partial charge in [-0.3, -0.25) is 4.79 Å². The number of fused-ring (bicyclic) bond motifs is 1. The molecule has 12 heavy (non-hydrogen) atoms. The van der Waals surface area contributed by atoms with Gasteiger partial charge in [0, 0.05) is 11.8 Å². The molecule has 3 heteroatoms. The third kappa shape index (κ3) is 1.06. The molecular formula is C9H13BrO2. The van der Waals surface area contributed by atoms with E-state index in [-0.39, 0.29) is 17.6 Å². The van der Waals surface area contributed by atoms with Gasteiger partial charge in [0.15, 0.2) is 0 Å². The number of hydrogen-bond acceptors (Lipinski definition) is 2.